The van der Waals surface area contributed by atoms with E-state index in [1.165, 1.54) is 18.4 Å². The van der Waals surface area contributed by atoms with E-state index in [1.54, 1.807) is 6.08 Å². The molecule has 1 aliphatic heterocycles. The number of allylic oxidation sites excluding steroid dienone is 2. The Labute approximate surface area is 150 Å². The SMILES string of the molecule is C=CCOC(=O)C(CC)(CCC1CO1)OC1C=CC=C2CCCCC21. The van der Waals surface area contributed by atoms with Crippen LogP contribution >= 0.6 is 0 Å². The minimum Gasteiger partial charge on any atom is -0.459 e. The summed E-state index contributed by atoms with van der Waals surface area (Å²) in [6.45, 7) is 6.66. The molecule has 1 saturated carbocycles. The molecule has 0 radical (unpaired) electrons. The zero-order valence-corrected chi connectivity index (χ0v) is 15.2. The molecule has 1 saturated heterocycles. The lowest BCUT2D eigenvalue weighted by Gasteiger charge is -2.39. The largest absolute Gasteiger partial charge is 0.459 e. The number of epoxide rings is 1. The molecule has 0 aromatic carbocycles. The van der Waals surface area contributed by atoms with Crippen LogP contribution in [-0.2, 0) is 19.0 Å². The first-order valence-corrected chi connectivity index (χ1v) is 9.63. The highest BCUT2D eigenvalue weighted by Gasteiger charge is 2.44. The number of carbonyl (C=O) groups is 1. The van der Waals surface area contributed by atoms with E-state index in [0.717, 1.165) is 25.9 Å². The minimum atomic E-state index is -0.899. The van der Waals surface area contributed by atoms with E-state index in [9.17, 15) is 4.79 Å². The van der Waals surface area contributed by atoms with Gasteiger partial charge in [0.05, 0.1) is 18.8 Å². The second-order valence-electron chi connectivity index (χ2n) is 7.29. The molecule has 0 spiro atoms. The first kappa shape index (κ1) is 18.4. The fourth-order valence-corrected chi connectivity index (χ4v) is 3.96. The molecule has 0 bridgehead atoms. The number of esters is 1. The molecule has 25 heavy (non-hydrogen) atoms. The third-order valence-electron chi connectivity index (χ3n) is 5.62. The Kier molecular flexibility index (Phi) is 6.13. The summed E-state index contributed by atoms with van der Waals surface area (Å²) in [6.07, 6.45) is 15.1. The Bertz CT molecular complexity index is 546. The van der Waals surface area contributed by atoms with Crippen LogP contribution in [0.1, 0.15) is 51.9 Å². The molecule has 1 heterocycles. The highest BCUT2D eigenvalue weighted by molar-refractivity contribution is 5.79. The van der Waals surface area contributed by atoms with Crippen molar-refractivity contribution in [1.82, 2.24) is 0 Å². The van der Waals surface area contributed by atoms with E-state index >= 15 is 0 Å². The van der Waals surface area contributed by atoms with E-state index in [2.05, 4.69) is 24.8 Å². The van der Waals surface area contributed by atoms with E-state index in [0.29, 0.717) is 18.8 Å². The molecule has 2 fully saturated rings. The van der Waals surface area contributed by atoms with Crippen LogP contribution in [0.15, 0.2) is 36.5 Å². The molecule has 4 heteroatoms. The number of carbonyl (C=O) groups excluding carboxylic acids is 1. The van der Waals surface area contributed by atoms with Gasteiger partial charge in [-0.1, -0.05) is 49.8 Å². The van der Waals surface area contributed by atoms with Gasteiger partial charge in [-0.3, -0.25) is 0 Å². The van der Waals surface area contributed by atoms with E-state index in [-0.39, 0.29) is 24.8 Å². The average Bonchev–Trinajstić information content (AvgIpc) is 3.48. The number of rotatable bonds is 9. The van der Waals surface area contributed by atoms with Crippen LogP contribution in [0.5, 0.6) is 0 Å². The Morgan fingerprint density at radius 2 is 2.32 bits per heavy atom. The van der Waals surface area contributed by atoms with Crippen molar-refractivity contribution >= 4 is 5.97 Å². The van der Waals surface area contributed by atoms with Crippen molar-refractivity contribution in [2.75, 3.05) is 13.2 Å². The van der Waals surface area contributed by atoms with Gasteiger partial charge < -0.3 is 14.2 Å². The van der Waals surface area contributed by atoms with Crippen LogP contribution in [0, 0.1) is 5.92 Å². The van der Waals surface area contributed by atoms with Gasteiger partial charge in [0.2, 0.25) is 0 Å². The summed E-state index contributed by atoms with van der Waals surface area (Å²) in [7, 11) is 0. The Morgan fingerprint density at radius 3 is 3.04 bits per heavy atom. The molecule has 3 rings (SSSR count). The van der Waals surface area contributed by atoms with Gasteiger partial charge in [0, 0.05) is 5.92 Å². The van der Waals surface area contributed by atoms with Crippen LogP contribution < -0.4 is 0 Å². The van der Waals surface area contributed by atoms with E-state index < -0.39 is 5.60 Å². The fourth-order valence-electron chi connectivity index (χ4n) is 3.96. The normalized spacial score (nSPS) is 30.0. The minimum absolute atomic E-state index is 0.0448. The van der Waals surface area contributed by atoms with Crippen LogP contribution in [0.25, 0.3) is 0 Å². The summed E-state index contributed by atoms with van der Waals surface area (Å²) in [5.74, 6) is 0.130. The zero-order valence-electron chi connectivity index (χ0n) is 15.2. The lowest BCUT2D eigenvalue weighted by molar-refractivity contribution is -0.181. The summed E-state index contributed by atoms with van der Waals surface area (Å²) in [5, 5.41) is 0. The maximum absolute atomic E-state index is 12.8. The first-order chi connectivity index (χ1) is 12.2. The van der Waals surface area contributed by atoms with Crippen molar-refractivity contribution in [3.05, 3.63) is 36.5 Å². The summed E-state index contributed by atoms with van der Waals surface area (Å²) in [6, 6.07) is 0. The van der Waals surface area contributed by atoms with Crippen molar-refractivity contribution in [3.63, 3.8) is 0 Å². The zero-order chi connectivity index (χ0) is 17.7. The van der Waals surface area contributed by atoms with Crippen molar-refractivity contribution in [1.29, 1.82) is 0 Å². The van der Waals surface area contributed by atoms with Gasteiger partial charge in [0.25, 0.3) is 0 Å². The first-order valence-electron chi connectivity index (χ1n) is 9.63. The van der Waals surface area contributed by atoms with Crippen molar-refractivity contribution in [2.24, 2.45) is 5.92 Å². The van der Waals surface area contributed by atoms with Gasteiger partial charge in [-0.2, -0.15) is 0 Å². The monoisotopic (exact) mass is 346 g/mol. The van der Waals surface area contributed by atoms with E-state index in [1.807, 2.05) is 6.92 Å². The summed E-state index contributed by atoms with van der Waals surface area (Å²) in [4.78, 5) is 12.8. The van der Waals surface area contributed by atoms with E-state index in [4.69, 9.17) is 14.2 Å². The van der Waals surface area contributed by atoms with Gasteiger partial charge in [-0.05, 0) is 38.5 Å². The highest BCUT2D eigenvalue weighted by atomic mass is 16.6. The predicted octanol–water partition coefficient (Wildman–Crippen LogP) is 4.12. The van der Waals surface area contributed by atoms with Crippen LogP contribution in [0.4, 0.5) is 0 Å². The number of ether oxygens (including phenoxy) is 3. The molecule has 3 aliphatic rings. The molecular weight excluding hydrogens is 316 g/mol. The molecule has 4 atom stereocenters. The summed E-state index contributed by atoms with van der Waals surface area (Å²) < 4.78 is 17.3. The van der Waals surface area contributed by atoms with Crippen LogP contribution in [0.3, 0.4) is 0 Å². The third kappa shape index (κ3) is 4.42. The molecule has 138 valence electrons. The Morgan fingerprint density at radius 1 is 1.48 bits per heavy atom. The second kappa shape index (κ2) is 8.33. The standard InChI is InChI=1S/C21H30O4/c1-3-14-23-20(22)21(4-2,13-12-17-15-24-17)25-19-11-7-9-16-8-5-6-10-18(16)19/h3,7,9,11,17-19H,1,4-6,8,10,12-15H2,2H3. The van der Waals surface area contributed by atoms with Gasteiger partial charge in [-0.15, -0.1) is 0 Å². The maximum atomic E-state index is 12.8. The molecule has 0 aromatic rings. The molecule has 4 unspecified atom stereocenters. The fraction of sp³-hybridized carbons (Fsp3) is 0.667. The number of fused-ring (bicyclic) bond motifs is 1. The molecule has 2 aliphatic carbocycles. The molecule has 0 N–H and O–H groups in total. The molecule has 4 nitrogen and oxygen atoms in total. The van der Waals surface area contributed by atoms with Crippen LogP contribution in [-0.4, -0.2) is 37.0 Å². The Balaban J connectivity index is 1.75. The Hall–Kier alpha value is -1.39. The third-order valence-corrected chi connectivity index (χ3v) is 5.62. The summed E-state index contributed by atoms with van der Waals surface area (Å²) in [5.41, 5.74) is 0.567. The highest BCUT2D eigenvalue weighted by Crippen LogP contribution is 2.39. The van der Waals surface area contributed by atoms with Crippen molar-refractivity contribution < 1.29 is 19.0 Å². The van der Waals surface area contributed by atoms with Gasteiger partial charge in [0.15, 0.2) is 5.60 Å². The van der Waals surface area contributed by atoms with Crippen molar-refractivity contribution in [2.45, 2.75) is 69.7 Å². The van der Waals surface area contributed by atoms with Crippen LogP contribution in [0.2, 0.25) is 0 Å². The average molecular weight is 346 g/mol. The number of hydrogen-bond acceptors (Lipinski definition) is 4. The molecular formula is C21H30O4. The quantitative estimate of drug-likeness (QED) is 0.358. The molecule has 0 amide bonds. The maximum Gasteiger partial charge on any atom is 0.338 e. The summed E-state index contributed by atoms with van der Waals surface area (Å²) >= 11 is 0. The topological polar surface area (TPSA) is 48.1 Å². The lowest BCUT2D eigenvalue weighted by Crippen LogP contribution is -2.47. The van der Waals surface area contributed by atoms with Crippen molar-refractivity contribution in [3.8, 4) is 0 Å². The molecule has 0 aromatic heterocycles. The van der Waals surface area contributed by atoms with Gasteiger partial charge in [-0.25, -0.2) is 4.79 Å². The second-order valence-corrected chi connectivity index (χ2v) is 7.29. The number of hydrogen-bond donors (Lipinski definition) is 0. The predicted molar refractivity (Wildman–Crippen MR) is 97.2 cm³/mol. The van der Waals surface area contributed by atoms with Gasteiger partial charge >= 0.3 is 5.97 Å². The smallest absolute Gasteiger partial charge is 0.338 e. The van der Waals surface area contributed by atoms with Gasteiger partial charge in [0.1, 0.15) is 6.61 Å². The lowest BCUT2D eigenvalue weighted by atomic mass is 9.78.